The molecule has 2 N–H and O–H groups in total. The Morgan fingerprint density at radius 2 is 1.81 bits per heavy atom. The van der Waals surface area contributed by atoms with Crippen molar-refractivity contribution in [1.82, 2.24) is 10.6 Å². The van der Waals surface area contributed by atoms with E-state index in [9.17, 15) is 14.4 Å². The van der Waals surface area contributed by atoms with Crippen molar-refractivity contribution in [2.45, 2.75) is 25.3 Å². The molecule has 1 aliphatic heterocycles. The van der Waals surface area contributed by atoms with Crippen LogP contribution in [0.3, 0.4) is 0 Å². The van der Waals surface area contributed by atoms with Gasteiger partial charge in [-0.25, -0.2) is 9.69 Å². The molecule has 2 fully saturated rings. The number of ether oxygens (including phenoxy) is 3. The van der Waals surface area contributed by atoms with Crippen molar-refractivity contribution < 1.29 is 28.6 Å². The predicted molar refractivity (Wildman–Crippen MR) is 112 cm³/mol. The van der Waals surface area contributed by atoms with Gasteiger partial charge >= 0.3 is 6.03 Å². The number of carbonyl (C=O) groups is 3. The van der Waals surface area contributed by atoms with Gasteiger partial charge in [-0.15, -0.1) is 0 Å². The zero-order chi connectivity index (χ0) is 22.1. The molecule has 0 radical (unpaired) electrons. The Bertz CT molecular complexity index is 905. The summed E-state index contributed by atoms with van der Waals surface area (Å²) in [5, 5.41) is 5.52. The third-order valence-corrected chi connectivity index (χ3v) is 6.29. The van der Waals surface area contributed by atoms with E-state index in [1.54, 1.807) is 0 Å². The normalized spacial score (nSPS) is 26.2. The van der Waals surface area contributed by atoms with E-state index in [-0.39, 0.29) is 18.0 Å². The molecule has 2 bridgehead atoms. The highest BCUT2D eigenvalue weighted by molar-refractivity contribution is 6.22. The van der Waals surface area contributed by atoms with Crippen LogP contribution in [0.1, 0.15) is 19.3 Å². The number of rotatable bonds is 8. The van der Waals surface area contributed by atoms with Gasteiger partial charge in [-0.2, -0.15) is 0 Å². The first kappa shape index (κ1) is 21.0. The van der Waals surface area contributed by atoms with Crippen LogP contribution < -0.4 is 29.7 Å². The van der Waals surface area contributed by atoms with E-state index in [2.05, 4.69) is 22.8 Å². The Morgan fingerprint density at radius 1 is 1.10 bits per heavy atom. The quantitative estimate of drug-likeness (QED) is 0.483. The van der Waals surface area contributed by atoms with Crippen LogP contribution in [0, 0.1) is 17.8 Å². The van der Waals surface area contributed by atoms with Crippen molar-refractivity contribution in [3.05, 3.63) is 24.3 Å². The number of urea groups is 1. The second-order valence-corrected chi connectivity index (χ2v) is 8.11. The van der Waals surface area contributed by atoms with Gasteiger partial charge in [-0.05, 0) is 30.6 Å². The standard InChI is InChI=1S/C22H27N3O6/c1-29-17-8-15(9-18(30-2)20(17)31-3)25-21(27)16(24-22(25)28)10-19(26)23-11-14-7-12-4-5-13(14)6-12/h4-5,8-9,12-14,16H,6-7,10-11H2,1-3H3,(H,23,26)(H,24,28). The average Bonchev–Trinajstić information content (AvgIpc) is 3.46. The number of nitrogens with zero attached hydrogens (tertiary/aromatic N) is 1. The first-order valence-corrected chi connectivity index (χ1v) is 10.3. The number of imide groups is 1. The number of carbonyl (C=O) groups excluding carboxylic acids is 3. The van der Waals surface area contributed by atoms with Crippen LogP contribution in [-0.4, -0.2) is 51.8 Å². The van der Waals surface area contributed by atoms with Gasteiger partial charge < -0.3 is 24.8 Å². The molecule has 3 aliphatic rings. The fourth-order valence-electron chi connectivity index (χ4n) is 4.74. The Labute approximate surface area is 180 Å². The van der Waals surface area contributed by atoms with Gasteiger partial charge in [0.1, 0.15) is 6.04 Å². The number of fused-ring (bicyclic) bond motifs is 2. The fourth-order valence-corrected chi connectivity index (χ4v) is 4.74. The summed E-state index contributed by atoms with van der Waals surface area (Å²) in [5.74, 6) is 1.85. The summed E-state index contributed by atoms with van der Waals surface area (Å²) in [6.45, 7) is 0.593. The SMILES string of the molecule is COc1cc(N2C(=O)NC(CC(=O)NCC3CC4C=CC3C4)C2=O)cc(OC)c1OC. The van der Waals surface area contributed by atoms with Gasteiger partial charge in [0, 0.05) is 18.7 Å². The van der Waals surface area contributed by atoms with Crippen LogP contribution in [-0.2, 0) is 9.59 Å². The van der Waals surface area contributed by atoms with Crippen molar-refractivity contribution in [3.63, 3.8) is 0 Å². The van der Waals surface area contributed by atoms with Crippen molar-refractivity contribution in [1.29, 1.82) is 0 Å². The molecule has 4 rings (SSSR count). The topological polar surface area (TPSA) is 106 Å². The van der Waals surface area contributed by atoms with Crippen LogP contribution in [0.2, 0.25) is 0 Å². The summed E-state index contributed by atoms with van der Waals surface area (Å²) in [5.41, 5.74) is 0.272. The molecule has 2 aliphatic carbocycles. The van der Waals surface area contributed by atoms with Crippen molar-refractivity contribution >= 4 is 23.5 Å². The molecule has 9 heteroatoms. The minimum atomic E-state index is -0.925. The summed E-state index contributed by atoms with van der Waals surface area (Å²) in [4.78, 5) is 38.9. The van der Waals surface area contributed by atoms with Crippen LogP contribution in [0.15, 0.2) is 24.3 Å². The Kier molecular flexibility index (Phi) is 5.75. The summed E-state index contributed by atoms with van der Waals surface area (Å²) in [6.07, 6.45) is 6.65. The molecule has 1 aromatic carbocycles. The summed E-state index contributed by atoms with van der Waals surface area (Å²) in [6, 6.07) is 1.51. The van der Waals surface area contributed by atoms with Gasteiger partial charge in [0.15, 0.2) is 11.5 Å². The molecular formula is C22H27N3O6. The third-order valence-electron chi connectivity index (χ3n) is 6.29. The number of benzene rings is 1. The molecule has 9 nitrogen and oxygen atoms in total. The van der Waals surface area contributed by atoms with Crippen LogP contribution in [0.5, 0.6) is 17.2 Å². The third kappa shape index (κ3) is 3.92. The fraction of sp³-hybridized carbons (Fsp3) is 0.500. The highest BCUT2D eigenvalue weighted by Gasteiger charge is 2.41. The highest BCUT2D eigenvalue weighted by Crippen LogP contribution is 2.43. The maximum atomic E-state index is 12.9. The Morgan fingerprint density at radius 3 is 2.35 bits per heavy atom. The molecule has 4 atom stereocenters. The molecule has 1 aromatic rings. The maximum absolute atomic E-state index is 12.9. The Balaban J connectivity index is 1.41. The number of anilines is 1. The van der Waals surface area contributed by atoms with Crippen LogP contribution >= 0.6 is 0 Å². The summed E-state index contributed by atoms with van der Waals surface area (Å²) < 4.78 is 15.9. The molecule has 0 spiro atoms. The number of hydrogen-bond acceptors (Lipinski definition) is 6. The minimum absolute atomic E-state index is 0.109. The molecule has 0 aromatic heterocycles. The molecule has 1 saturated heterocycles. The lowest BCUT2D eigenvalue weighted by molar-refractivity contribution is -0.125. The average molecular weight is 429 g/mol. The lowest BCUT2D eigenvalue weighted by Gasteiger charge is -2.19. The van der Waals surface area contributed by atoms with Gasteiger partial charge in [0.2, 0.25) is 11.7 Å². The lowest BCUT2D eigenvalue weighted by Crippen LogP contribution is -2.38. The van der Waals surface area contributed by atoms with E-state index < -0.39 is 18.0 Å². The van der Waals surface area contributed by atoms with Crippen molar-refractivity contribution in [2.24, 2.45) is 17.8 Å². The van der Waals surface area contributed by atoms with Gasteiger partial charge in [0.05, 0.1) is 33.4 Å². The summed E-state index contributed by atoms with van der Waals surface area (Å²) >= 11 is 0. The zero-order valence-electron chi connectivity index (χ0n) is 17.8. The monoisotopic (exact) mass is 429 g/mol. The number of amides is 4. The van der Waals surface area contributed by atoms with Crippen molar-refractivity contribution in [3.8, 4) is 17.2 Å². The largest absolute Gasteiger partial charge is 0.493 e. The molecule has 31 heavy (non-hydrogen) atoms. The van der Waals surface area contributed by atoms with E-state index in [1.807, 2.05) is 0 Å². The van der Waals surface area contributed by atoms with E-state index in [1.165, 1.54) is 39.9 Å². The predicted octanol–water partition coefficient (Wildman–Crippen LogP) is 1.86. The molecule has 4 unspecified atom stereocenters. The van der Waals surface area contributed by atoms with Crippen LogP contribution in [0.25, 0.3) is 0 Å². The number of allylic oxidation sites excluding steroid dienone is 2. The van der Waals surface area contributed by atoms with Gasteiger partial charge in [0.25, 0.3) is 5.91 Å². The number of nitrogens with one attached hydrogen (secondary N) is 2. The first-order chi connectivity index (χ1) is 14.9. The second kappa shape index (κ2) is 8.49. The van der Waals surface area contributed by atoms with E-state index in [4.69, 9.17) is 14.2 Å². The second-order valence-electron chi connectivity index (χ2n) is 8.11. The van der Waals surface area contributed by atoms with E-state index in [0.29, 0.717) is 41.5 Å². The zero-order valence-corrected chi connectivity index (χ0v) is 17.8. The molecule has 4 amide bonds. The smallest absolute Gasteiger partial charge is 0.329 e. The van der Waals surface area contributed by atoms with Crippen molar-refractivity contribution in [2.75, 3.05) is 32.8 Å². The van der Waals surface area contributed by atoms with E-state index in [0.717, 1.165) is 11.3 Å². The Hall–Kier alpha value is -3.23. The number of methoxy groups -OCH3 is 3. The minimum Gasteiger partial charge on any atom is -0.493 e. The van der Waals surface area contributed by atoms with Gasteiger partial charge in [-0.3, -0.25) is 9.59 Å². The number of hydrogen-bond donors (Lipinski definition) is 2. The first-order valence-electron chi connectivity index (χ1n) is 10.3. The highest BCUT2D eigenvalue weighted by atomic mass is 16.5. The van der Waals surface area contributed by atoms with E-state index >= 15 is 0 Å². The molecular weight excluding hydrogens is 402 g/mol. The summed E-state index contributed by atoms with van der Waals surface area (Å²) in [7, 11) is 4.37. The molecule has 1 heterocycles. The maximum Gasteiger partial charge on any atom is 0.329 e. The lowest BCUT2D eigenvalue weighted by atomic mass is 9.93. The molecule has 1 saturated carbocycles. The molecule has 166 valence electrons. The van der Waals surface area contributed by atoms with Gasteiger partial charge in [-0.1, -0.05) is 12.2 Å². The van der Waals surface area contributed by atoms with Crippen LogP contribution in [0.4, 0.5) is 10.5 Å².